The molecule has 0 saturated heterocycles. The molecule has 0 radical (unpaired) electrons. The standard InChI is InChI=1S/C11H15ClN2OS/c1-13-8-11(15)14-6-7-16-10-4-2-9(12)3-5-10/h2-5,13H,6-8H2,1H3,(H,14,15). The topological polar surface area (TPSA) is 41.1 Å². The molecular formula is C11H15ClN2OS. The first-order valence-corrected chi connectivity index (χ1v) is 6.38. The number of thioether (sulfide) groups is 1. The van der Waals surface area contributed by atoms with Crippen molar-refractivity contribution in [2.45, 2.75) is 4.90 Å². The van der Waals surface area contributed by atoms with Gasteiger partial charge in [-0.1, -0.05) is 11.6 Å². The molecule has 1 rings (SSSR count). The molecule has 1 aromatic carbocycles. The number of likely N-dealkylation sites (N-methyl/N-ethyl adjacent to an activating group) is 1. The lowest BCUT2D eigenvalue weighted by atomic mass is 10.4. The smallest absolute Gasteiger partial charge is 0.233 e. The highest BCUT2D eigenvalue weighted by atomic mass is 35.5. The van der Waals surface area contributed by atoms with Gasteiger partial charge in [-0.15, -0.1) is 11.8 Å². The second-order valence-corrected chi connectivity index (χ2v) is 4.79. The highest BCUT2D eigenvalue weighted by molar-refractivity contribution is 7.99. The Hall–Kier alpha value is -0.710. The molecule has 0 unspecified atom stereocenters. The molecule has 2 N–H and O–H groups in total. The van der Waals surface area contributed by atoms with E-state index in [0.717, 1.165) is 15.7 Å². The molecule has 0 aliphatic rings. The van der Waals surface area contributed by atoms with E-state index in [1.807, 2.05) is 24.3 Å². The number of rotatable bonds is 6. The first kappa shape index (κ1) is 13.4. The number of halogens is 1. The number of benzene rings is 1. The van der Waals surface area contributed by atoms with E-state index in [1.54, 1.807) is 18.8 Å². The van der Waals surface area contributed by atoms with Gasteiger partial charge in [0.2, 0.25) is 5.91 Å². The summed E-state index contributed by atoms with van der Waals surface area (Å²) in [5.74, 6) is 0.885. The third-order valence-corrected chi connectivity index (χ3v) is 3.11. The summed E-state index contributed by atoms with van der Waals surface area (Å²) in [5.41, 5.74) is 0. The molecule has 88 valence electrons. The lowest BCUT2D eigenvalue weighted by Gasteiger charge is -2.04. The zero-order valence-corrected chi connectivity index (χ0v) is 10.7. The Balaban J connectivity index is 2.16. The van der Waals surface area contributed by atoms with Gasteiger partial charge in [-0.2, -0.15) is 0 Å². The Morgan fingerprint density at radius 2 is 2.06 bits per heavy atom. The lowest BCUT2D eigenvalue weighted by Crippen LogP contribution is -2.33. The summed E-state index contributed by atoms with van der Waals surface area (Å²) in [6.07, 6.45) is 0. The van der Waals surface area contributed by atoms with E-state index in [1.165, 1.54) is 0 Å². The van der Waals surface area contributed by atoms with Crippen molar-refractivity contribution in [3.8, 4) is 0 Å². The van der Waals surface area contributed by atoms with Gasteiger partial charge in [-0.25, -0.2) is 0 Å². The van der Waals surface area contributed by atoms with E-state index in [4.69, 9.17) is 11.6 Å². The van der Waals surface area contributed by atoms with Crippen LogP contribution in [0.4, 0.5) is 0 Å². The van der Waals surface area contributed by atoms with Crippen LogP contribution < -0.4 is 10.6 Å². The molecular weight excluding hydrogens is 244 g/mol. The third kappa shape index (κ3) is 5.39. The number of amides is 1. The van der Waals surface area contributed by atoms with Gasteiger partial charge in [0.1, 0.15) is 0 Å². The van der Waals surface area contributed by atoms with E-state index in [2.05, 4.69) is 10.6 Å². The molecule has 0 bridgehead atoms. The second kappa shape index (κ2) is 7.54. The first-order chi connectivity index (χ1) is 7.72. The van der Waals surface area contributed by atoms with Crippen molar-refractivity contribution in [2.24, 2.45) is 0 Å². The van der Waals surface area contributed by atoms with Crippen molar-refractivity contribution < 1.29 is 4.79 Å². The predicted octanol–water partition coefficient (Wildman–Crippen LogP) is 1.77. The summed E-state index contributed by atoms with van der Waals surface area (Å²) < 4.78 is 0. The summed E-state index contributed by atoms with van der Waals surface area (Å²) in [5, 5.41) is 6.36. The summed E-state index contributed by atoms with van der Waals surface area (Å²) >= 11 is 7.47. The minimum absolute atomic E-state index is 0.0270. The lowest BCUT2D eigenvalue weighted by molar-refractivity contribution is -0.120. The summed E-state index contributed by atoms with van der Waals surface area (Å²) in [4.78, 5) is 12.3. The highest BCUT2D eigenvalue weighted by Crippen LogP contribution is 2.19. The van der Waals surface area contributed by atoms with Crippen LogP contribution >= 0.6 is 23.4 Å². The van der Waals surface area contributed by atoms with Gasteiger partial charge in [0.15, 0.2) is 0 Å². The van der Waals surface area contributed by atoms with Crippen molar-refractivity contribution in [2.75, 3.05) is 25.9 Å². The predicted molar refractivity (Wildman–Crippen MR) is 69.1 cm³/mol. The van der Waals surface area contributed by atoms with Crippen LogP contribution in [-0.4, -0.2) is 31.8 Å². The third-order valence-electron chi connectivity index (χ3n) is 1.84. The normalized spacial score (nSPS) is 10.1. The Morgan fingerprint density at radius 3 is 2.69 bits per heavy atom. The number of carbonyl (C=O) groups excluding carboxylic acids is 1. The fourth-order valence-electron chi connectivity index (χ4n) is 1.11. The summed E-state index contributed by atoms with van der Waals surface area (Å²) in [7, 11) is 1.75. The molecule has 1 amide bonds. The van der Waals surface area contributed by atoms with Crippen LogP contribution in [0.3, 0.4) is 0 Å². The largest absolute Gasteiger partial charge is 0.354 e. The van der Waals surface area contributed by atoms with E-state index in [9.17, 15) is 4.79 Å². The van der Waals surface area contributed by atoms with E-state index in [-0.39, 0.29) is 5.91 Å². The molecule has 0 spiro atoms. The van der Waals surface area contributed by atoms with Gasteiger partial charge in [-0.05, 0) is 31.3 Å². The Bertz CT molecular complexity index is 329. The molecule has 0 fully saturated rings. The van der Waals surface area contributed by atoms with E-state index in [0.29, 0.717) is 13.1 Å². The zero-order valence-electron chi connectivity index (χ0n) is 9.13. The molecule has 0 atom stereocenters. The van der Waals surface area contributed by atoms with Gasteiger partial charge in [0, 0.05) is 22.2 Å². The van der Waals surface area contributed by atoms with E-state index >= 15 is 0 Å². The zero-order chi connectivity index (χ0) is 11.8. The fraction of sp³-hybridized carbons (Fsp3) is 0.364. The van der Waals surface area contributed by atoms with Crippen molar-refractivity contribution in [1.29, 1.82) is 0 Å². The summed E-state index contributed by atoms with van der Waals surface area (Å²) in [6, 6.07) is 7.68. The van der Waals surface area contributed by atoms with Crippen LogP contribution in [0.15, 0.2) is 29.2 Å². The summed E-state index contributed by atoms with van der Waals surface area (Å²) in [6.45, 7) is 1.04. The van der Waals surface area contributed by atoms with Gasteiger partial charge >= 0.3 is 0 Å². The van der Waals surface area contributed by atoms with Crippen molar-refractivity contribution >= 4 is 29.3 Å². The van der Waals surface area contributed by atoms with Crippen molar-refractivity contribution in [3.63, 3.8) is 0 Å². The van der Waals surface area contributed by atoms with Crippen LogP contribution in [0.2, 0.25) is 5.02 Å². The minimum atomic E-state index is 0.0270. The maximum absolute atomic E-state index is 11.1. The van der Waals surface area contributed by atoms with Crippen LogP contribution in [0, 0.1) is 0 Å². The Kier molecular flexibility index (Phi) is 6.30. The number of hydrogen-bond donors (Lipinski definition) is 2. The average molecular weight is 259 g/mol. The molecule has 16 heavy (non-hydrogen) atoms. The first-order valence-electron chi connectivity index (χ1n) is 5.02. The molecule has 0 saturated carbocycles. The van der Waals surface area contributed by atoms with Crippen molar-refractivity contribution in [1.82, 2.24) is 10.6 Å². The highest BCUT2D eigenvalue weighted by Gasteiger charge is 1.98. The van der Waals surface area contributed by atoms with Crippen LogP contribution in [-0.2, 0) is 4.79 Å². The van der Waals surface area contributed by atoms with Gasteiger partial charge in [0.25, 0.3) is 0 Å². The molecule has 0 aliphatic heterocycles. The average Bonchev–Trinajstić information content (AvgIpc) is 2.27. The number of carbonyl (C=O) groups is 1. The molecule has 0 heterocycles. The number of hydrogen-bond acceptors (Lipinski definition) is 3. The van der Waals surface area contributed by atoms with Gasteiger partial charge < -0.3 is 10.6 Å². The van der Waals surface area contributed by atoms with Gasteiger partial charge in [0.05, 0.1) is 6.54 Å². The quantitative estimate of drug-likeness (QED) is 0.604. The Morgan fingerprint density at radius 1 is 1.38 bits per heavy atom. The van der Waals surface area contributed by atoms with Crippen LogP contribution in [0.1, 0.15) is 0 Å². The van der Waals surface area contributed by atoms with Crippen LogP contribution in [0.5, 0.6) is 0 Å². The molecule has 0 aliphatic carbocycles. The molecule has 3 nitrogen and oxygen atoms in total. The molecule has 0 aromatic heterocycles. The molecule has 5 heteroatoms. The Labute approximate surface area is 105 Å². The molecule has 1 aromatic rings. The minimum Gasteiger partial charge on any atom is -0.354 e. The monoisotopic (exact) mass is 258 g/mol. The maximum Gasteiger partial charge on any atom is 0.233 e. The van der Waals surface area contributed by atoms with Crippen LogP contribution in [0.25, 0.3) is 0 Å². The van der Waals surface area contributed by atoms with Crippen molar-refractivity contribution in [3.05, 3.63) is 29.3 Å². The van der Waals surface area contributed by atoms with E-state index < -0.39 is 0 Å². The van der Waals surface area contributed by atoms with Gasteiger partial charge in [-0.3, -0.25) is 4.79 Å². The maximum atomic E-state index is 11.1. The second-order valence-electron chi connectivity index (χ2n) is 3.18. The number of nitrogens with one attached hydrogen (secondary N) is 2. The fourth-order valence-corrected chi connectivity index (χ4v) is 2.01. The SMILES string of the molecule is CNCC(=O)NCCSc1ccc(Cl)cc1.